The minimum absolute atomic E-state index is 0.223. The SMILES string of the molecule is C=C/C=C/[C@](C#N)(CC=C)C(=O)OC. The quantitative estimate of drug-likeness (QED) is 0.379. The highest BCUT2D eigenvalue weighted by Crippen LogP contribution is 2.25. The molecule has 74 valence electrons. The molecule has 0 fully saturated rings. The first-order valence-corrected chi connectivity index (χ1v) is 4.07. The van der Waals surface area contributed by atoms with Crippen LogP contribution in [0.4, 0.5) is 0 Å². The van der Waals surface area contributed by atoms with E-state index in [1.807, 2.05) is 6.07 Å². The summed E-state index contributed by atoms with van der Waals surface area (Å²) in [5.74, 6) is -0.585. The summed E-state index contributed by atoms with van der Waals surface area (Å²) in [5.41, 5.74) is -1.27. The summed E-state index contributed by atoms with van der Waals surface area (Å²) < 4.78 is 4.56. The van der Waals surface area contributed by atoms with Crippen molar-refractivity contribution in [1.82, 2.24) is 0 Å². The van der Waals surface area contributed by atoms with E-state index in [9.17, 15) is 4.79 Å². The highest BCUT2D eigenvalue weighted by atomic mass is 16.5. The van der Waals surface area contributed by atoms with Gasteiger partial charge in [0.2, 0.25) is 0 Å². The van der Waals surface area contributed by atoms with Crippen LogP contribution >= 0.6 is 0 Å². The second-order valence-corrected chi connectivity index (χ2v) is 2.66. The highest BCUT2D eigenvalue weighted by molar-refractivity contribution is 5.82. The van der Waals surface area contributed by atoms with E-state index in [-0.39, 0.29) is 6.42 Å². The molecule has 0 saturated heterocycles. The van der Waals surface area contributed by atoms with Gasteiger partial charge >= 0.3 is 5.97 Å². The van der Waals surface area contributed by atoms with Crippen LogP contribution in [0.25, 0.3) is 0 Å². The predicted octanol–water partition coefficient (Wildman–Crippen LogP) is 1.99. The molecule has 0 aromatic heterocycles. The fraction of sp³-hybridized carbons (Fsp3) is 0.273. The molecule has 3 nitrogen and oxygen atoms in total. The van der Waals surface area contributed by atoms with E-state index in [0.29, 0.717) is 0 Å². The summed E-state index contributed by atoms with van der Waals surface area (Å²) in [7, 11) is 1.25. The third-order valence-corrected chi connectivity index (χ3v) is 1.73. The van der Waals surface area contributed by atoms with E-state index in [1.165, 1.54) is 25.3 Å². The zero-order valence-corrected chi connectivity index (χ0v) is 8.19. The van der Waals surface area contributed by atoms with Gasteiger partial charge < -0.3 is 4.74 Å². The van der Waals surface area contributed by atoms with Crippen LogP contribution in [0.5, 0.6) is 0 Å². The molecule has 0 saturated carbocycles. The van der Waals surface area contributed by atoms with E-state index in [4.69, 9.17) is 5.26 Å². The molecular formula is C11H13NO2. The number of hydrogen-bond donors (Lipinski definition) is 0. The Morgan fingerprint density at radius 3 is 2.64 bits per heavy atom. The molecule has 0 bridgehead atoms. The van der Waals surface area contributed by atoms with Gasteiger partial charge in [0.15, 0.2) is 5.41 Å². The number of rotatable bonds is 5. The Morgan fingerprint density at radius 2 is 2.29 bits per heavy atom. The number of carbonyl (C=O) groups excluding carboxylic acids is 1. The number of allylic oxidation sites excluding steroid dienone is 3. The summed E-state index contributed by atoms with van der Waals surface area (Å²) in [6.45, 7) is 6.97. The van der Waals surface area contributed by atoms with Crippen molar-refractivity contribution in [3.63, 3.8) is 0 Å². The summed E-state index contributed by atoms with van der Waals surface area (Å²) in [6.07, 6.45) is 6.24. The van der Waals surface area contributed by atoms with Crippen molar-refractivity contribution in [2.45, 2.75) is 6.42 Å². The zero-order valence-electron chi connectivity index (χ0n) is 8.19. The Hall–Kier alpha value is -1.82. The van der Waals surface area contributed by atoms with E-state index in [0.717, 1.165) is 0 Å². The van der Waals surface area contributed by atoms with Crippen LogP contribution in [0.3, 0.4) is 0 Å². The molecule has 0 aliphatic heterocycles. The highest BCUT2D eigenvalue weighted by Gasteiger charge is 2.35. The summed E-state index contributed by atoms with van der Waals surface area (Å²) >= 11 is 0. The fourth-order valence-electron chi connectivity index (χ4n) is 0.990. The molecule has 0 rings (SSSR count). The maximum Gasteiger partial charge on any atom is 0.330 e. The van der Waals surface area contributed by atoms with Crippen LogP contribution in [-0.2, 0) is 9.53 Å². The van der Waals surface area contributed by atoms with Gasteiger partial charge in [0.1, 0.15) is 0 Å². The molecular weight excluding hydrogens is 178 g/mol. The van der Waals surface area contributed by atoms with E-state index >= 15 is 0 Å². The zero-order chi connectivity index (χ0) is 11.0. The first kappa shape index (κ1) is 12.2. The molecule has 1 atom stereocenters. The number of methoxy groups -OCH3 is 1. The third kappa shape index (κ3) is 2.60. The molecule has 0 aromatic carbocycles. The standard InChI is InChI=1S/C11H13NO2/c1-4-6-8-11(9-12,7-5-2)10(13)14-3/h4-6,8H,1-2,7H2,3H3/b8-6+/t11-/m0/s1. The Bertz CT molecular complexity index is 299. The molecule has 0 aromatic rings. The average Bonchev–Trinajstić information content (AvgIpc) is 2.23. The van der Waals surface area contributed by atoms with Gasteiger partial charge in [0.25, 0.3) is 0 Å². The van der Waals surface area contributed by atoms with Gasteiger partial charge in [-0.1, -0.05) is 30.9 Å². The van der Waals surface area contributed by atoms with E-state index in [1.54, 1.807) is 6.08 Å². The van der Waals surface area contributed by atoms with Crippen LogP contribution in [0.1, 0.15) is 6.42 Å². The number of nitrogens with zero attached hydrogens (tertiary/aromatic N) is 1. The molecule has 0 spiro atoms. The molecule has 0 aliphatic carbocycles. The van der Waals surface area contributed by atoms with Gasteiger partial charge in [-0.2, -0.15) is 5.26 Å². The second kappa shape index (κ2) is 5.76. The summed E-state index contributed by atoms with van der Waals surface area (Å²) in [6, 6.07) is 1.92. The number of carbonyl (C=O) groups is 1. The van der Waals surface area contributed by atoms with Gasteiger partial charge in [0, 0.05) is 0 Å². The molecule has 0 amide bonds. The molecule has 0 aliphatic rings. The topological polar surface area (TPSA) is 50.1 Å². The van der Waals surface area contributed by atoms with Gasteiger partial charge in [-0.15, -0.1) is 6.58 Å². The normalized spacial score (nSPS) is 14.0. The van der Waals surface area contributed by atoms with Crippen molar-refractivity contribution >= 4 is 5.97 Å². The van der Waals surface area contributed by atoms with Crippen LogP contribution < -0.4 is 0 Å². The third-order valence-electron chi connectivity index (χ3n) is 1.73. The maximum absolute atomic E-state index is 11.4. The predicted molar refractivity (Wildman–Crippen MR) is 54.2 cm³/mol. The lowest BCUT2D eigenvalue weighted by Gasteiger charge is -2.17. The van der Waals surface area contributed by atoms with Gasteiger partial charge in [-0.3, -0.25) is 0 Å². The number of ether oxygens (including phenoxy) is 1. The Kier molecular flexibility index (Phi) is 5.01. The molecule has 0 N–H and O–H groups in total. The van der Waals surface area contributed by atoms with Crippen molar-refractivity contribution in [3.05, 3.63) is 37.5 Å². The van der Waals surface area contributed by atoms with Crippen LogP contribution in [0.2, 0.25) is 0 Å². The lowest BCUT2D eigenvalue weighted by Crippen LogP contribution is -2.28. The summed E-state index contributed by atoms with van der Waals surface area (Å²) in [5, 5.41) is 8.95. The van der Waals surface area contributed by atoms with Crippen molar-refractivity contribution in [1.29, 1.82) is 5.26 Å². The van der Waals surface area contributed by atoms with Crippen molar-refractivity contribution in [2.24, 2.45) is 5.41 Å². The Labute approximate surface area is 84.0 Å². The van der Waals surface area contributed by atoms with Crippen LogP contribution in [-0.4, -0.2) is 13.1 Å². The Morgan fingerprint density at radius 1 is 1.64 bits per heavy atom. The van der Waals surface area contributed by atoms with E-state index in [2.05, 4.69) is 17.9 Å². The first-order chi connectivity index (χ1) is 6.66. The van der Waals surface area contributed by atoms with Crippen molar-refractivity contribution < 1.29 is 9.53 Å². The lowest BCUT2D eigenvalue weighted by atomic mass is 9.85. The molecule has 3 heteroatoms. The van der Waals surface area contributed by atoms with Gasteiger partial charge in [0.05, 0.1) is 13.2 Å². The monoisotopic (exact) mass is 191 g/mol. The molecule has 0 unspecified atom stereocenters. The molecule has 0 radical (unpaired) electrons. The average molecular weight is 191 g/mol. The minimum atomic E-state index is -1.27. The fourth-order valence-corrected chi connectivity index (χ4v) is 0.990. The first-order valence-electron chi connectivity index (χ1n) is 4.07. The van der Waals surface area contributed by atoms with Crippen molar-refractivity contribution in [3.8, 4) is 6.07 Å². The van der Waals surface area contributed by atoms with Crippen LogP contribution in [0.15, 0.2) is 37.5 Å². The molecule has 14 heavy (non-hydrogen) atoms. The number of esters is 1. The minimum Gasteiger partial charge on any atom is -0.468 e. The van der Waals surface area contributed by atoms with Gasteiger partial charge in [-0.05, 0) is 6.42 Å². The number of nitriles is 1. The van der Waals surface area contributed by atoms with Crippen molar-refractivity contribution in [2.75, 3.05) is 7.11 Å². The van der Waals surface area contributed by atoms with Gasteiger partial charge in [-0.25, -0.2) is 4.79 Å². The molecule has 0 heterocycles. The summed E-state index contributed by atoms with van der Waals surface area (Å²) in [4.78, 5) is 11.4. The maximum atomic E-state index is 11.4. The Balaban J connectivity index is 5.08. The smallest absolute Gasteiger partial charge is 0.330 e. The number of hydrogen-bond acceptors (Lipinski definition) is 3. The largest absolute Gasteiger partial charge is 0.468 e. The lowest BCUT2D eigenvalue weighted by molar-refractivity contribution is -0.146. The second-order valence-electron chi connectivity index (χ2n) is 2.66. The van der Waals surface area contributed by atoms with E-state index < -0.39 is 11.4 Å². The van der Waals surface area contributed by atoms with Crippen LogP contribution in [0, 0.1) is 16.7 Å².